The fourth-order valence-corrected chi connectivity index (χ4v) is 5.54. The van der Waals surface area contributed by atoms with Crippen LogP contribution in [0.1, 0.15) is 0 Å². The van der Waals surface area contributed by atoms with Gasteiger partial charge in [-0.15, -0.1) is 10.2 Å². The van der Waals surface area contributed by atoms with Crippen LogP contribution in [0.25, 0.3) is 75.7 Å². The van der Waals surface area contributed by atoms with Crippen molar-refractivity contribution in [3.8, 4) is 0 Å². The molecule has 0 spiro atoms. The van der Waals surface area contributed by atoms with Gasteiger partial charge in [0, 0.05) is 32.3 Å². The van der Waals surface area contributed by atoms with Crippen LogP contribution >= 0.6 is 0 Å². The Labute approximate surface area is 159 Å². The Morgan fingerprint density at radius 2 is 0.821 bits per heavy atom. The third-order valence-electron chi connectivity index (χ3n) is 6.60. The number of hydrogen-bond acceptors (Lipinski definition) is 2. The first-order chi connectivity index (χ1) is 13.9. The van der Waals surface area contributed by atoms with Crippen LogP contribution in [0, 0.1) is 0 Å². The molecule has 1 aromatic heterocycles. The highest BCUT2D eigenvalue weighted by molar-refractivity contribution is 6.50. The molecule has 8 rings (SSSR count). The molecule has 126 valence electrons. The van der Waals surface area contributed by atoms with E-state index in [-0.39, 0.29) is 0 Å². The molecular weight excluding hydrogens is 340 g/mol. The van der Waals surface area contributed by atoms with Gasteiger partial charge in [0.1, 0.15) is 11.0 Å². The molecule has 0 radical (unpaired) electrons. The zero-order valence-corrected chi connectivity index (χ0v) is 14.8. The highest BCUT2D eigenvalue weighted by atomic mass is 15.1. The summed E-state index contributed by atoms with van der Waals surface area (Å²) >= 11 is 0. The number of aromatic nitrogens is 2. The maximum absolute atomic E-state index is 4.77. The van der Waals surface area contributed by atoms with Gasteiger partial charge in [-0.1, -0.05) is 72.8 Å². The van der Waals surface area contributed by atoms with E-state index in [0.717, 1.165) is 11.0 Å². The van der Waals surface area contributed by atoms with Crippen molar-refractivity contribution in [1.82, 2.24) is 10.2 Å². The fraction of sp³-hybridized carbons (Fsp3) is 0. The van der Waals surface area contributed by atoms with Gasteiger partial charge in [0.25, 0.3) is 0 Å². The second-order valence-electron chi connectivity index (χ2n) is 7.81. The fourth-order valence-electron chi connectivity index (χ4n) is 5.54. The van der Waals surface area contributed by atoms with Crippen molar-refractivity contribution in [2.45, 2.75) is 0 Å². The minimum absolute atomic E-state index is 1.02. The van der Waals surface area contributed by atoms with Gasteiger partial charge in [0.15, 0.2) is 0 Å². The van der Waals surface area contributed by atoms with Gasteiger partial charge in [0.2, 0.25) is 0 Å². The monoisotopic (exact) mass is 352 g/mol. The lowest BCUT2D eigenvalue weighted by Crippen LogP contribution is -1.90. The van der Waals surface area contributed by atoms with Crippen molar-refractivity contribution in [2.24, 2.45) is 0 Å². The Morgan fingerprint density at radius 3 is 1.32 bits per heavy atom. The highest BCUT2D eigenvalue weighted by Gasteiger charge is 2.25. The standard InChI is InChI=1S/C26H12N2/c1-3-7-18-14(5-1)16-11-9-13-10-12-17-15-6-2-4-8-19(15)26-24-22(17)20(13)21(16)23(24)25(18)27-28-26/h1-12H. The van der Waals surface area contributed by atoms with E-state index >= 15 is 0 Å². The minimum atomic E-state index is 1.02. The van der Waals surface area contributed by atoms with E-state index in [4.69, 9.17) is 10.2 Å². The summed E-state index contributed by atoms with van der Waals surface area (Å²) < 4.78 is 0. The van der Waals surface area contributed by atoms with Crippen LogP contribution in [0.5, 0.6) is 0 Å². The van der Waals surface area contributed by atoms with E-state index in [0.29, 0.717) is 0 Å². The van der Waals surface area contributed by atoms with Gasteiger partial charge in [-0.25, -0.2) is 0 Å². The molecule has 7 aromatic carbocycles. The summed E-state index contributed by atoms with van der Waals surface area (Å²) in [5, 5.41) is 25.0. The Kier molecular flexibility index (Phi) is 2.01. The maximum atomic E-state index is 4.77. The highest BCUT2D eigenvalue weighted by Crippen LogP contribution is 2.51. The quantitative estimate of drug-likeness (QED) is 0.279. The Bertz CT molecular complexity index is 1730. The van der Waals surface area contributed by atoms with Crippen LogP contribution in [-0.2, 0) is 0 Å². The Morgan fingerprint density at radius 1 is 0.357 bits per heavy atom. The van der Waals surface area contributed by atoms with E-state index < -0.39 is 0 Å². The first-order valence-corrected chi connectivity index (χ1v) is 9.62. The van der Waals surface area contributed by atoms with Crippen LogP contribution in [0.3, 0.4) is 0 Å². The predicted octanol–water partition coefficient (Wildman–Crippen LogP) is 6.86. The van der Waals surface area contributed by atoms with Gasteiger partial charge in [-0.05, 0) is 32.3 Å². The first kappa shape index (κ1) is 13.4. The molecule has 28 heavy (non-hydrogen) atoms. The van der Waals surface area contributed by atoms with Crippen LogP contribution in [0.2, 0.25) is 0 Å². The second kappa shape index (κ2) is 4.20. The Balaban J connectivity index is 1.93. The summed E-state index contributed by atoms with van der Waals surface area (Å²) in [5.41, 5.74) is 2.05. The smallest absolute Gasteiger partial charge is 0.102 e. The zero-order chi connectivity index (χ0) is 18.0. The molecule has 2 nitrogen and oxygen atoms in total. The van der Waals surface area contributed by atoms with Crippen LogP contribution in [-0.4, -0.2) is 10.2 Å². The minimum Gasteiger partial charge on any atom is -0.149 e. The molecular formula is C26H12N2. The molecule has 0 bridgehead atoms. The van der Waals surface area contributed by atoms with E-state index in [2.05, 4.69) is 72.8 Å². The molecule has 0 fully saturated rings. The van der Waals surface area contributed by atoms with Crippen molar-refractivity contribution in [1.29, 1.82) is 0 Å². The number of nitrogens with zero attached hydrogens (tertiary/aromatic N) is 2. The number of benzene rings is 6. The molecule has 0 unspecified atom stereocenters. The number of fused-ring (bicyclic) bond motifs is 6. The molecule has 0 saturated carbocycles. The van der Waals surface area contributed by atoms with E-state index in [9.17, 15) is 0 Å². The van der Waals surface area contributed by atoms with Crippen LogP contribution in [0.4, 0.5) is 0 Å². The second-order valence-corrected chi connectivity index (χ2v) is 7.81. The summed E-state index contributed by atoms with van der Waals surface area (Å²) in [5.74, 6) is 0. The number of hydrogen-bond donors (Lipinski definition) is 0. The lowest BCUT2D eigenvalue weighted by atomic mass is 9.95. The molecule has 0 aliphatic rings. The number of rotatable bonds is 0. The zero-order valence-electron chi connectivity index (χ0n) is 14.8. The third kappa shape index (κ3) is 1.26. The summed E-state index contributed by atoms with van der Waals surface area (Å²) in [6, 6.07) is 26.3. The average Bonchev–Trinajstić information content (AvgIpc) is 3.13. The van der Waals surface area contributed by atoms with Crippen LogP contribution < -0.4 is 0 Å². The Hall–Kier alpha value is -3.78. The van der Waals surface area contributed by atoms with Gasteiger partial charge in [-0.3, -0.25) is 0 Å². The first-order valence-electron chi connectivity index (χ1n) is 9.62. The van der Waals surface area contributed by atoms with Crippen LogP contribution in [0.15, 0.2) is 72.8 Å². The van der Waals surface area contributed by atoms with Crippen molar-refractivity contribution in [3.05, 3.63) is 72.8 Å². The summed E-state index contributed by atoms with van der Waals surface area (Å²) in [6.45, 7) is 0. The SMILES string of the molecule is c1ccc2c(c1)c1ccc3ccc4c5ccccc5c5nnc2c2c1c3c4c52. The van der Waals surface area contributed by atoms with Gasteiger partial charge in [0.05, 0.1) is 0 Å². The molecule has 2 heteroatoms. The molecule has 1 heterocycles. The summed E-state index contributed by atoms with van der Waals surface area (Å²) in [6.07, 6.45) is 0. The van der Waals surface area contributed by atoms with Gasteiger partial charge in [-0.2, -0.15) is 0 Å². The normalized spacial score (nSPS) is 13.0. The van der Waals surface area contributed by atoms with Crippen molar-refractivity contribution in [2.75, 3.05) is 0 Å². The third-order valence-corrected chi connectivity index (χ3v) is 6.60. The lowest BCUT2D eigenvalue weighted by Gasteiger charge is -2.09. The molecule has 0 saturated heterocycles. The lowest BCUT2D eigenvalue weighted by molar-refractivity contribution is 1.13. The van der Waals surface area contributed by atoms with E-state index in [1.807, 2.05) is 0 Å². The maximum Gasteiger partial charge on any atom is 0.102 e. The van der Waals surface area contributed by atoms with Crippen molar-refractivity contribution in [3.63, 3.8) is 0 Å². The molecule has 8 aromatic rings. The topological polar surface area (TPSA) is 25.8 Å². The molecule has 0 aliphatic carbocycles. The van der Waals surface area contributed by atoms with E-state index in [1.165, 1.54) is 64.6 Å². The van der Waals surface area contributed by atoms with Crippen molar-refractivity contribution >= 4 is 75.7 Å². The summed E-state index contributed by atoms with van der Waals surface area (Å²) in [7, 11) is 0. The molecule has 0 amide bonds. The molecule has 0 atom stereocenters. The molecule has 0 N–H and O–H groups in total. The average molecular weight is 352 g/mol. The largest absolute Gasteiger partial charge is 0.149 e. The predicted molar refractivity (Wildman–Crippen MR) is 118 cm³/mol. The van der Waals surface area contributed by atoms with E-state index in [1.54, 1.807) is 0 Å². The van der Waals surface area contributed by atoms with Gasteiger partial charge >= 0.3 is 0 Å². The van der Waals surface area contributed by atoms with Crippen molar-refractivity contribution < 1.29 is 0 Å². The van der Waals surface area contributed by atoms with Gasteiger partial charge < -0.3 is 0 Å². The summed E-state index contributed by atoms with van der Waals surface area (Å²) in [4.78, 5) is 0. The molecule has 0 aliphatic heterocycles.